The average Bonchev–Trinajstić information content (AvgIpc) is 2.53. The molecule has 0 unspecified atom stereocenters. The van der Waals surface area contributed by atoms with Crippen LogP contribution in [-0.4, -0.2) is 11.3 Å². The zero-order valence-electron chi connectivity index (χ0n) is 10.9. The second-order valence-electron chi connectivity index (χ2n) is 4.39. The maximum Gasteiger partial charge on any atom is 0.151 e. The summed E-state index contributed by atoms with van der Waals surface area (Å²) in [5.41, 5.74) is 2.27. The highest BCUT2D eigenvalue weighted by Crippen LogP contribution is 2.28. The Kier molecular flexibility index (Phi) is 4.08. The molecule has 104 valence electrons. The fraction of sp³-hybridized carbons (Fsp3) is 0. The third kappa shape index (κ3) is 3.01. The van der Waals surface area contributed by atoms with Gasteiger partial charge in [0.05, 0.1) is 15.4 Å². The number of carbonyl (C=O) groups is 1. The van der Waals surface area contributed by atoms with Crippen LogP contribution in [0.3, 0.4) is 0 Å². The van der Waals surface area contributed by atoms with Crippen LogP contribution in [0.5, 0.6) is 0 Å². The number of rotatable bonds is 4. The van der Waals surface area contributed by atoms with Gasteiger partial charge in [0.25, 0.3) is 0 Å². The summed E-state index contributed by atoms with van der Waals surface area (Å²) in [6, 6.07) is 15.2. The van der Waals surface area contributed by atoms with E-state index in [2.05, 4.69) is 9.71 Å². The fourth-order valence-electron chi connectivity index (χ4n) is 1.96. The zero-order valence-corrected chi connectivity index (χ0v) is 12.5. The number of nitrogens with zero attached hydrogens (tertiary/aromatic N) is 1. The van der Waals surface area contributed by atoms with E-state index < -0.39 is 0 Å². The largest absolute Gasteiger partial charge is 0.326 e. The highest BCUT2D eigenvalue weighted by atomic mass is 35.5. The second kappa shape index (κ2) is 6.16. The van der Waals surface area contributed by atoms with Crippen molar-refractivity contribution in [3.63, 3.8) is 0 Å². The number of anilines is 1. The summed E-state index contributed by atoms with van der Waals surface area (Å²) in [5, 5.41) is 1.53. The number of fused-ring (bicyclic) bond motifs is 1. The molecule has 2 aromatic carbocycles. The highest BCUT2D eigenvalue weighted by Gasteiger charge is 2.04. The molecular weight excluding hydrogens is 304 g/mol. The summed E-state index contributed by atoms with van der Waals surface area (Å²) in [6.07, 6.45) is 2.52. The first kappa shape index (κ1) is 13.9. The van der Waals surface area contributed by atoms with E-state index in [0.717, 1.165) is 27.8 Å². The van der Waals surface area contributed by atoms with E-state index >= 15 is 0 Å². The standard InChI is InChI=1S/C16H11ClN2OS/c17-14-9-13(7-6-12(14)10-20)19-21-15-5-1-3-11-4-2-8-18-16(11)15/h1-10,19H. The average molecular weight is 315 g/mol. The topological polar surface area (TPSA) is 42.0 Å². The monoisotopic (exact) mass is 314 g/mol. The first-order valence-electron chi connectivity index (χ1n) is 6.29. The van der Waals surface area contributed by atoms with Crippen molar-refractivity contribution in [1.82, 2.24) is 4.98 Å². The normalized spacial score (nSPS) is 10.5. The van der Waals surface area contributed by atoms with E-state index in [9.17, 15) is 4.79 Å². The van der Waals surface area contributed by atoms with Gasteiger partial charge in [-0.15, -0.1) is 0 Å². The third-order valence-corrected chi connectivity index (χ3v) is 4.22. The van der Waals surface area contributed by atoms with Gasteiger partial charge in [0.1, 0.15) is 0 Å². The Bertz CT molecular complexity index is 802. The molecule has 0 amide bonds. The maximum atomic E-state index is 10.7. The zero-order chi connectivity index (χ0) is 14.7. The second-order valence-corrected chi connectivity index (χ2v) is 5.64. The molecule has 0 aliphatic rings. The molecule has 0 saturated carbocycles. The van der Waals surface area contributed by atoms with Gasteiger partial charge < -0.3 is 4.72 Å². The van der Waals surface area contributed by atoms with Crippen molar-refractivity contribution in [1.29, 1.82) is 0 Å². The van der Waals surface area contributed by atoms with Crippen LogP contribution in [0.15, 0.2) is 59.6 Å². The molecule has 3 aromatic rings. The number of hydrogen-bond donors (Lipinski definition) is 1. The van der Waals surface area contributed by atoms with E-state index in [-0.39, 0.29) is 0 Å². The van der Waals surface area contributed by atoms with E-state index in [0.29, 0.717) is 10.6 Å². The van der Waals surface area contributed by atoms with E-state index in [1.165, 1.54) is 11.9 Å². The fourth-order valence-corrected chi connectivity index (χ4v) is 2.95. The SMILES string of the molecule is O=Cc1ccc(NSc2cccc3cccnc23)cc1Cl. The number of para-hydroxylation sites is 1. The molecule has 0 bridgehead atoms. The Morgan fingerprint density at radius 3 is 2.81 bits per heavy atom. The Morgan fingerprint density at radius 1 is 1.14 bits per heavy atom. The number of carbonyl (C=O) groups excluding carboxylic acids is 1. The molecule has 3 rings (SSSR count). The summed E-state index contributed by atoms with van der Waals surface area (Å²) in [5.74, 6) is 0. The van der Waals surface area contributed by atoms with Gasteiger partial charge in [0.2, 0.25) is 0 Å². The molecule has 0 saturated heterocycles. The number of nitrogens with one attached hydrogen (secondary N) is 1. The van der Waals surface area contributed by atoms with Gasteiger partial charge in [-0.05, 0) is 42.3 Å². The predicted octanol–water partition coefficient (Wildman–Crippen LogP) is 4.82. The van der Waals surface area contributed by atoms with Crippen molar-refractivity contribution >= 4 is 46.4 Å². The summed E-state index contributed by atoms with van der Waals surface area (Å²) in [4.78, 5) is 16.2. The molecule has 0 spiro atoms. The number of aromatic nitrogens is 1. The van der Waals surface area contributed by atoms with Gasteiger partial charge >= 0.3 is 0 Å². The molecule has 3 nitrogen and oxygen atoms in total. The molecule has 0 atom stereocenters. The van der Waals surface area contributed by atoms with Crippen LogP contribution in [0.4, 0.5) is 5.69 Å². The lowest BCUT2D eigenvalue weighted by Crippen LogP contribution is -1.90. The van der Waals surface area contributed by atoms with Gasteiger partial charge in [-0.25, -0.2) is 0 Å². The Labute approximate surface area is 131 Å². The van der Waals surface area contributed by atoms with Crippen LogP contribution in [0.25, 0.3) is 10.9 Å². The van der Waals surface area contributed by atoms with Crippen LogP contribution in [-0.2, 0) is 0 Å². The molecule has 1 aromatic heterocycles. The van der Waals surface area contributed by atoms with Crippen molar-refractivity contribution in [3.05, 3.63) is 65.3 Å². The molecule has 1 heterocycles. The molecule has 0 aliphatic heterocycles. The van der Waals surface area contributed by atoms with Crippen molar-refractivity contribution in [2.45, 2.75) is 4.90 Å². The molecule has 0 radical (unpaired) electrons. The van der Waals surface area contributed by atoms with Crippen molar-refractivity contribution in [2.75, 3.05) is 4.72 Å². The number of hydrogen-bond acceptors (Lipinski definition) is 4. The Hall–Kier alpha value is -2.04. The molecule has 0 aliphatic carbocycles. The van der Waals surface area contributed by atoms with Crippen LogP contribution in [0.1, 0.15) is 10.4 Å². The van der Waals surface area contributed by atoms with Crippen LogP contribution < -0.4 is 4.72 Å². The number of pyridine rings is 1. The predicted molar refractivity (Wildman–Crippen MR) is 88.1 cm³/mol. The maximum absolute atomic E-state index is 10.7. The quantitative estimate of drug-likeness (QED) is 0.554. The van der Waals surface area contributed by atoms with Crippen molar-refractivity contribution < 1.29 is 4.79 Å². The van der Waals surface area contributed by atoms with Crippen LogP contribution in [0, 0.1) is 0 Å². The van der Waals surface area contributed by atoms with Crippen molar-refractivity contribution in [2.24, 2.45) is 0 Å². The third-order valence-electron chi connectivity index (χ3n) is 3.00. The summed E-state index contributed by atoms with van der Waals surface area (Å²) >= 11 is 7.48. The minimum Gasteiger partial charge on any atom is -0.326 e. The highest BCUT2D eigenvalue weighted by molar-refractivity contribution is 8.00. The molecule has 0 fully saturated rings. The minimum absolute atomic E-state index is 0.437. The van der Waals surface area contributed by atoms with Gasteiger partial charge in [-0.2, -0.15) is 0 Å². The van der Waals surface area contributed by atoms with E-state index in [1.54, 1.807) is 18.3 Å². The van der Waals surface area contributed by atoms with Crippen LogP contribution in [0.2, 0.25) is 5.02 Å². The van der Waals surface area contributed by atoms with Crippen LogP contribution >= 0.6 is 23.5 Å². The molecule has 21 heavy (non-hydrogen) atoms. The van der Waals surface area contributed by atoms with E-state index in [4.69, 9.17) is 11.6 Å². The summed E-state index contributed by atoms with van der Waals surface area (Å²) < 4.78 is 3.22. The minimum atomic E-state index is 0.437. The van der Waals surface area contributed by atoms with Gasteiger partial charge in [-0.1, -0.05) is 29.8 Å². The Balaban J connectivity index is 1.83. The molecular formula is C16H11ClN2OS. The number of benzene rings is 2. The lowest BCUT2D eigenvalue weighted by molar-refractivity contribution is 0.112. The first-order valence-corrected chi connectivity index (χ1v) is 7.49. The molecule has 1 N–H and O–H groups in total. The summed E-state index contributed by atoms with van der Waals surface area (Å²) in [7, 11) is 0. The summed E-state index contributed by atoms with van der Waals surface area (Å²) in [6.45, 7) is 0. The smallest absolute Gasteiger partial charge is 0.151 e. The first-order chi connectivity index (χ1) is 10.3. The van der Waals surface area contributed by atoms with Crippen molar-refractivity contribution in [3.8, 4) is 0 Å². The lowest BCUT2D eigenvalue weighted by atomic mass is 10.2. The van der Waals surface area contributed by atoms with E-state index in [1.807, 2.05) is 36.4 Å². The Morgan fingerprint density at radius 2 is 2.00 bits per heavy atom. The van der Waals surface area contributed by atoms with Gasteiger partial charge in [-0.3, -0.25) is 9.78 Å². The number of aldehydes is 1. The van der Waals surface area contributed by atoms with Gasteiger partial charge in [0.15, 0.2) is 6.29 Å². The lowest BCUT2D eigenvalue weighted by Gasteiger charge is -2.08. The number of halogens is 1. The molecule has 5 heteroatoms. The van der Waals surface area contributed by atoms with Gasteiger partial charge in [0, 0.05) is 22.8 Å².